The summed E-state index contributed by atoms with van der Waals surface area (Å²) in [4.78, 5) is 25.1. The molecule has 3 aromatic carbocycles. The molecule has 2 N–H and O–H groups in total. The van der Waals surface area contributed by atoms with Crippen molar-refractivity contribution in [2.75, 3.05) is 0 Å². The molecule has 0 spiro atoms. The minimum Gasteiger partial charge on any atom is -0.488 e. The molecule has 3 aromatic rings. The van der Waals surface area contributed by atoms with Crippen LogP contribution >= 0.6 is 39.1 Å². The average molecular weight is 595 g/mol. The van der Waals surface area contributed by atoms with E-state index in [1.807, 2.05) is 0 Å². The zero-order chi connectivity index (χ0) is 26.2. The smallest absolute Gasteiger partial charge is 0.262 e. The summed E-state index contributed by atoms with van der Waals surface area (Å²) in [5.74, 6) is -1.01. The summed E-state index contributed by atoms with van der Waals surface area (Å²) >= 11 is 15.6. The van der Waals surface area contributed by atoms with Crippen molar-refractivity contribution in [3.63, 3.8) is 0 Å². The molecule has 0 aliphatic rings. The second-order valence-electron chi connectivity index (χ2n) is 8.15. The topological polar surface area (TPSA) is 79.8 Å². The predicted octanol–water partition coefficient (Wildman–Crippen LogP) is 6.38. The Kier molecular flexibility index (Phi) is 9.87. The molecule has 0 heterocycles. The molecule has 36 heavy (non-hydrogen) atoms. The number of halogens is 4. The highest BCUT2D eigenvalue weighted by molar-refractivity contribution is 9.10. The van der Waals surface area contributed by atoms with Gasteiger partial charge in [0.05, 0.1) is 10.7 Å². The fourth-order valence-electron chi connectivity index (χ4n) is 3.11. The summed E-state index contributed by atoms with van der Waals surface area (Å²) in [6, 6.07) is 14.8. The zero-order valence-electron chi connectivity index (χ0n) is 19.4. The first-order valence-corrected chi connectivity index (χ1v) is 12.4. The minimum atomic E-state index is -0.832. The van der Waals surface area contributed by atoms with Crippen LogP contribution in [0, 0.1) is 11.7 Å². The van der Waals surface area contributed by atoms with Crippen LogP contribution in [0.1, 0.15) is 35.3 Å². The SMILES string of the molecule is CC(C)C(NC(=O)c1ccc(F)cc1)C(=O)NN=Cc1ccc(OCc2ccc(Cl)cc2Cl)c(Br)c1. The van der Waals surface area contributed by atoms with Gasteiger partial charge in [-0.25, -0.2) is 9.82 Å². The number of amides is 2. The van der Waals surface area contributed by atoms with E-state index >= 15 is 0 Å². The number of rotatable bonds is 9. The first-order valence-electron chi connectivity index (χ1n) is 10.9. The van der Waals surface area contributed by atoms with Crippen LogP contribution in [-0.2, 0) is 11.4 Å². The van der Waals surface area contributed by atoms with Crippen molar-refractivity contribution in [2.45, 2.75) is 26.5 Å². The Hall–Kier alpha value is -2.94. The predicted molar refractivity (Wildman–Crippen MR) is 143 cm³/mol. The molecule has 188 valence electrons. The van der Waals surface area contributed by atoms with Gasteiger partial charge in [-0.05, 0) is 82.0 Å². The van der Waals surface area contributed by atoms with Crippen molar-refractivity contribution < 1.29 is 18.7 Å². The maximum atomic E-state index is 13.1. The van der Waals surface area contributed by atoms with Crippen LogP contribution in [0.5, 0.6) is 5.75 Å². The molecule has 0 aromatic heterocycles. The third-order valence-corrected chi connectivity index (χ3v) is 6.29. The van der Waals surface area contributed by atoms with E-state index in [9.17, 15) is 14.0 Å². The number of hydrogen-bond donors (Lipinski definition) is 2. The van der Waals surface area contributed by atoms with E-state index in [4.69, 9.17) is 27.9 Å². The fourth-order valence-corrected chi connectivity index (χ4v) is 4.08. The molecular weight excluding hydrogens is 572 g/mol. The quantitative estimate of drug-likeness (QED) is 0.223. The molecule has 2 amide bonds. The van der Waals surface area contributed by atoms with E-state index in [0.29, 0.717) is 25.8 Å². The highest BCUT2D eigenvalue weighted by atomic mass is 79.9. The fraction of sp³-hybridized carbons (Fsp3) is 0.192. The van der Waals surface area contributed by atoms with Crippen LogP contribution in [0.2, 0.25) is 10.0 Å². The second-order valence-corrected chi connectivity index (χ2v) is 9.85. The summed E-state index contributed by atoms with van der Waals surface area (Å²) in [7, 11) is 0. The molecule has 0 bridgehead atoms. The molecule has 3 rings (SSSR count). The third kappa shape index (κ3) is 7.78. The van der Waals surface area contributed by atoms with Gasteiger partial charge in [0.2, 0.25) is 0 Å². The minimum absolute atomic E-state index is 0.204. The van der Waals surface area contributed by atoms with Crippen molar-refractivity contribution in [1.29, 1.82) is 0 Å². The van der Waals surface area contributed by atoms with E-state index in [-0.39, 0.29) is 18.1 Å². The largest absolute Gasteiger partial charge is 0.488 e. The number of hydrazone groups is 1. The van der Waals surface area contributed by atoms with Gasteiger partial charge in [-0.1, -0.05) is 43.1 Å². The number of hydrogen-bond acceptors (Lipinski definition) is 4. The first-order chi connectivity index (χ1) is 17.1. The Bertz CT molecular complexity index is 1270. The molecule has 6 nitrogen and oxygen atoms in total. The molecule has 0 aliphatic carbocycles. The third-order valence-electron chi connectivity index (χ3n) is 5.08. The average Bonchev–Trinajstić information content (AvgIpc) is 2.83. The van der Waals surface area contributed by atoms with Crippen molar-refractivity contribution in [3.8, 4) is 5.75 Å². The number of carbonyl (C=O) groups excluding carboxylic acids is 2. The standard InChI is InChI=1S/C26H23BrCl2FN3O3/c1-15(2)24(32-25(34)17-5-8-20(30)9-6-17)26(35)33-31-13-16-3-10-23(21(27)11-16)36-14-18-4-7-19(28)12-22(18)29/h3-13,15,24H,14H2,1-2H3,(H,32,34)(H,33,35). The molecular formula is C26H23BrCl2FN3O3. The lowest BCUT2D eigenvalue weighted by Gasteiger charge is -2.20. The van der Waals surface area contributed by atoms with E-state index in [0.717, 1.165) is 5.56 Å². The summed E-state index contributed by atoms with van der Waals surface area (Å²) in [5.41, 5.74) is 4.21. The zero-order valence-corrected chi connectivity index (χ0v) is 22.5. The van der Waals surface area contributed by atoms with E-state index in [1.165, 1.54) is 30.5 Å². The molecule has 0 saturated carbocycles. The van der Waals surface area contributed by atoms with E-state index < -0.39 is 23.7 Å². The maximum Gasteiger partial charge on any atom is 0.262 e. The number of nitrogens with one attached hydrogen (secondary N) is 2. The summed E-state index contributed by atoms with van der Waals surface area (Å²) in [6.07, 6.45) is 1.47. The first kappa shape index (κ1) is 27.6. The van der Waals surface area contributed by atoms with Crippen LogP contribution in [0.25, 0.3) is 0 Å². The second kappa shape index (κ2) is 12.9. The molecule has 0 fully saturated rings. The normalized spacial score (nSPS) is 12.0. The Labute approximate surface area is 227 Å². The van der Waals surface area contributed by atoms with Crippen molar-refractivity contribution >= 4 is 57.2 Å². The lowest BCUT2D eigenvalue weighted by Crippen LogP contribution is -2.48. The molecule has 0 aliphatic heterocycles. The highest BCUT2D eigenvalue weighted by Crippen LogP contribution is 2.28. The summed E-state index contributed by atoms with van der Waals surface area (Å²) in [5, 5.41) is 7.74. The van der Waals surface area contributed by atoms with Gasteiger partial charge in [-0.3, -0.25) is 9.59 Å². The Balaban J connectivity index is 1.58. The van der Waals surface area contributed by atoms with Gasteiger partial charge < -0.3 is 10.1 Å². The van der Waals surface area contributed by atoms with Gasteiger partial charge in [0, 0.05) is 21.2 Å². The molecule has 0 radical (unpaired) electrons. The van der Waals surface area contributed by atoms with Gasteiger partial charge in [-0.2, -0.15) is 5.10 Å². The lowest BCUT2D eigenvalue weighted by atomic mass is 10.0. The highest BCUT2D eigenvalue weighted by Gasteiger charge is 2.24. The molecule has 10 heteroatoms. The van der Waals surface area contributed by atoms with Crippen molar-refractivity contribution in [2.24, 2.45) is 11.0 Å². The number of carbonyl (C=O) groups is 2. The van der Waals surface area contributed by atoms with Gasteiger partial charge >= 0.3 is 0 Å². The van der Waals surface area contributed by atoms with E-state index in [2.05, 4.69) is 31.8 Å². The lowest BCUT2D eigenvalue weighted by molar-refractivity contribution is -0.123. The monoisotopic (exact) mass is 593 g/mol. The van der Waals surface area contributed by atoms with Crippen LogP contribution in [0.3, 0.4) is 0 Å². The molecule has 1 atom stereocenters. The maximum absolute atomic E-state index is 13.1. The van der Waals surface area contributed by atoms with Crippen molar-refractivity contribution in [1.82, 2.24) is 10.7 Å². The van der Waals surface area contributed by atoms with Crippen LogP contribution < -0.4 is 15.5 Å². The summed E-state index contributed by atoms with van der Waals surface area (Å²) in [6.45, 7) is 3.86. The van der Waals surface area contributed by atoms with Crippen LogP contribution in [0.4, 0.5) is 4.39 Å². The van der Waals surface area contributed by atoms with Crippen LogP contribution in [-0.4, -0.2) is 24.1 Å². The Morgan fingerprint density at radius 2 is 1.81 bits per heavy atom. The van der Waals surface area contributed by atoms with Crippen molar-refractivity contribution in [3.05, 3.63) is 97.7 Å². The number of ether oxygens (including phenoxy) is 1. The molecule has 1 unspecified atom stereocenters. The Morgan fingerprint density at radius 1 is 1.08 bits per heavy atom. The van der Waals surface area contributed by atoms with Gasteiger partial charge in [0.1, 0.15) is 24.2 Å². The van der Waals surface area contributed by atoms with Gasteiger partial charge in [-0.15, -0.1) is 0 Å². The number of benzene rings is 3. The van der Waals surface area contributed by atoms with Gasteiger partial charge in [0.25, 0.3) is 11.8 Å². The van der Waals surface area contributed by atoms with E-state index in [1.54, 1.807) is 50.2 Å². The Morgan fingerprint density at radius 3 is 2.44 bits per heavy atom. The molecule has 0 saturated heterocycles. The number of nitrogens with zero attached hydrogens (tertiary/aromatic N) is 1. The summed E-state index contributed by atoms with van der Waals surface area (Å²) < 4.78 is 19.6. The van der Waals surface area contributed by atoms with Crippen LogP contribution in [0.15, 0.2) is 70.2 Å². The van der Waals surface area contributed by atoms with Gasteiger partial charge in [0.15, 0.2) is 0 Å².